The Morgan fingerprint density at radius 1 is 1.00 bits per heavy atom. The van der Waals surface area contributed by atoms with E-state index in [1.807, 2.05) is 18.2 Å². The van der Waals surface area contributed by atoms with Gasteiger partial charge in [0.15, 0.2) is 0 Å². The van der Waals surface area contributed by atoms with Crippen LogP contribution in [0.3, 0.4) is 0 Å². The van der Waals surface area contributed by atoms with Crippen LogP contribution in [0.4, 0.5) is 5.69 Å². The highest BCUT2D eigenvalue weighted by molar-refractivity contribution is 7.85. The monoisotopic (exact) mass is 575 g/mol. The molecule has 1 amide bonds. The van der Waals surface area contributed by atoms with Gasteiger partial charge < -0.3 is 15.1 Å². The summed E-state index contributed by atoms with van der Waals surface area (Å²) in [5, 5.41) is 21.8. The average Bonchev–Trinajstić information content (AvgIpc) is 3.25. The second-order valence-corrected chi connectivity index (χ2v) is 15.7. The third-order valence-corrected chi connectivity index (χ3v) is 12.9. The summed E-state index contributed by atoms with van der Waals surface area (Å²) in [4.78, 5) is 14.9. The molecule has 3 N–H and O–H groups in total. The van der Waals surface area contributed by atoms with Gasteiger partial charge in [-0.05, 0) is 116 Å². The number of nitrogens with zero attached hydrogens (tertiary/aromatic N) is 1. The Balaban J connectivity index is 1.26. The third kappa shape index (κ3) is 5.62. The van der Waals surface area contributed by atoms with Gasteiger partial charge in [0.05, 0.1) is 18.0 Å². The van der Waals surface area contributed by atoms with Crippen molar-refractivity contribution in [3.05, 3.63) is 30.3 Å². The van der Waals surface area contributed by atoms with E-state index in [2.05, 4.69) is 20.8 Å². The van der Waals surface area contributed by atoms with Gasteiger partial charge in [0.2, 0.25) is 5.91 Å². The van der Waals surface area contributed by atoms with Crippen molar-refractivity contribution in [3.63, 3.8) is 0 Å². The summed E-state index contributed by atoms with van der Waals surface area (Å²) in [6.07, 6.45) is 8.68. The van der Waals surface area contributed by atoms with Crippen LogP contribution in [0.2, 0.25) is 0 Å². The number of benzene rings is 1. The molecule has 0 aliphatic heterocycles. The van der Waals surface area contributed by atoms with Crippen LogP contribution in [0.25, 0.3) is 0 Å². The molecule has 4 saturated carbocycles. The topological polar surface area (TPSA) is 115 Å². The lowest BCUT2D eigenvalue weighted by Gasteiger charge is -2.62. The number of hydrogen-bond donors (Lipinski definition) is 3. The van der Waals surface area contributed by atoms with Crippen LogP contribution in [0.5, 0.6) is 0 Å². The summed E-state index contributed by atoms with van der Waals surface area (Å²) in [6, 6.07) is 9.07. The first-order valence-corrected chi connectivity index (χ1v) is 17.1. The summed E-state index contributed by atoms with van der Waals surface area (Å²) < 4.78 is 32.1. The Kier molecular flexibility index (Phi) is 8.48. The van der Waals surface area contributed by atoms with E-state index in [0.717, 1.165) is 57.8 Å². The third-order valence-electron chi connectivity index (χ3n) is 12.2. The van der Waals surface area contributed by atoms with E-state index >= 15 is 0 Å². The molecule has 0 saturated heterocycles. The highest BCUT2D eigenvalue weighted by Gasteiger charge is 2.62. The first-order chi connectivity index (χ1) is 18.8. The molecule has 0 aromatic heterocycles. The number of aliphatic hydroxyl groups excluding tert-OH is 2. The molecule has 6 unspecified atom stereocenters. The predicted molar refractivity (Wildman–Crippen MR) is 156 cm³/mol. The molecule has 8 heteroatoms. The molecule has 0 bridgehead atoms. The van der Waals surface area contributed by atoms with Gasteiger partial charge in [0.25, 0.3) is 10.1 Å². The Hall–Kier alpha value is -1.48. The summed E-state index contributed by atoms with van der Waals surface area (Å²) in [7, 11) is -4.18. The van der Waals surface area contributed by atoms with Crippen molar-refractivity contribution in [2.75, 3.05) is 17.2 Å². The minimum absolute atomic E-state index is 0.0724. The molecule has 5 rings (SSSR count). The number of carbonyl (C=O) groups excluding carboxylic acids is 1. The normalized spacial score (nSPS) is 40.0. The molecule has 224 valence electrons. The molecule has 4 fully saturated rings. The quantitative estimate of drug-likeness (QED) is 0.362. The van der Waals surface area contributed by atoms with Crippen LogP contribution >= 0.6 is 0 Å². The van der Waals surface area contributed by atoms with Crippen molar-refractivity contribution in [2.45, 2.75) is 97.2 Å². The number of fused-ring (bicyclic) bond motifs is 5. The lowest BCUT2D eigenvalue weighted by molar-refractivity contribution is -0.174. The molecule has 1 aromatic carbocycles. The van der Waals surface area contributed by atoms with E-state index in [-0.39, 0.29) is 35.5 Å². The number of rotatable bonds is 8. The Labute approximate surface area is 240 Å². The number of hydrogen-bond acceptors (Lipinski definition) is 5. The molecule has 7 nitrogen and oxygen atoms in total. The summed E-state index contributed by atoms with van der Waals surface area (Å²) >= 11 is 0. The first kappa shape index (κ1) is 30.0. The maximum Gasteiger partial charge on any atom is 0.266 e. The molecular weight excluding hydrogens is 526 g/mol. The van der Waals surface area contributed by atoms with Gasteiger partial charge in [-0.25, -0.2) is 0 Å². The number of para-hydroxylation sites is 1. The van der Waals surface area contributed by atoms with E-state index in [9.17, 15) is 28.0 Å². The minimum Gasteiger partial charge on any atom is -0.393 e. The van der Waals surface area contributed by atoms with E-state index in [1.165, 1.54) is 4.90 Å². The Morgan fingerprint density at radius 3 is 2.38 bits per heavy atom. The maximum atomic E-state index is 13.4. The van der Waals surface area contributed by atoms with Gasteiger partial charge in [0, 0.05) is 18.7 Å². The van der Waals surface area contributed by atoms with Crippen molar-refractivity contribution < 1.29 is 28.0 Å². The fraction of sp³-hybridized carbons (Fsp3) is 0.781. The van der Waals surface area contributed by atoms with Crippen LogP contribution in [-0.2, 0) is 14.9 Å². The second-order valence-electron chi connectivity index (χ2n) is 14.1. The zero-order chi connectivity index (χ0) is 28.9. The molecule has 40 heavy (non-hydrogen) atoms. The summed E-state index contributed by atoms with van der Waals surface area (Å²) in [6.45, 7) is 7.08. The van der Waals surface area contributed by atoms with Crippen LogP contribution in [0, 0.1) is 46.3 Å². The van der Waals surface area contributed by atoms with Crippen molar-refractivity contribution >= 4 is 21.7 Å². The Bertz CT molecular complexity index is 1160. The largest absolute Gasteiger partial charge is 0.393 e. The van der Waals surface area contributed by atoms with Crippen LogP contribution < -0.4 is 4.90 Å². The maximum absolute atomic E-state index is 13.4. The van der Waals surface area contributed by atoms with Crippen LogP contribution in [0.1, 0.15) is 85.0 Å². The molecule has 4 aliphatic carbocycles. The van der Waals surface area contributed by atoms with Crippen LogP contribution in [0.15, 0.2) is 30.3 Å². The van der Waals surface area contributed by atoms with E-state index in [0.29, 0.717) is 47.6 Å². The lowest BCUT2D eigenvalue weighted by Crippen LogP contribution is -2.58. The van der Waals surface area contributed by atoms with Gasteiger partial charge in [0.1, 0.15) is 0 Å². The first-order valence-electron chi connectivity index (χ1n) is 15.5. The second kappa shape index (κ2) is 11.3. The highest BCUT2D eigenvalue weighted by atomic mass is 32.2. The molecule has 0 heterocycles. The minimum atomic E-state index is -4.18. The standard InChI is InChI=1S/C32H49NO6S/c1-21(9-12-29(36)33(17-18-40(37,38)39)23-7-5-4-6-8-23)25-10-11-26-30-27(14-16-32(25,26)3)31(2)15-13-24(34)19-22(31)20-28(30)35/h4-8,21-22,24-28,30,34-35H,9-20H2,1-3H3,(H,37,38,39)/t21?,22-,24+,25?,26?,27?,28?,30?,31-,32+/m0/s1. The Morgan fingerprint density at radius 2 is 1.68 bits per heavy atom. The number of anilines is 1. The van der Waals surface area contributed by atoms with E-state index < -0.39 is 15.9 Å². The van der Waals surface area contributed by atoms with Crippen molar-refractivity contribution in [2.24, 2.45) is 46.3 Å². The number of amides is 1. The fourth-order valence-corrected chi connectivity index (χ4v) is 10.5. The average molecular weight is 576 g/mol. The zero-order valence-corrected chi connectivity index (χ0v) is 25.2. The summed E-state index contributed by atoms with van der Waals surface area (Å²) in [5.74, 6) is 1.95. The van der Waals surface area contributed by atoms with Crippen molar-refractivity contribution in [1.29, 1.82) is 0 Å². The van der Waals surface area contributed by atoms with E-state index in [1.54, 1.807) is 12.1 Å². The molecule has 0 radical (unpaired) electrons. The van der Waals surface area contributed by atoms with Gasteiger partial charge in [-0.1, -0.05) is 39.0 Å². The van der Waals surface area contributed by atoms with Crippen LogP contribution in [-0.4, -0.2) is 53.6 Å². The molecular formula is C32H49NO6S. The molecule has 1 aromatic rings. The van der Waals surface area contributed by atoms with Gasteiger partial charge in [-0.2, -0.15) is 8.42 Å². The van der Waals surface area contributed by atoms with Gasteiger partial charge in [-0.15, -0.1) is 0 Å². The molecule has 10 atom stereocenters. The lowest BCUT2D eigenvalue weighted by atomic mass is 9.43. The SMILES string of the molecule is CC(CCC(=O)N(CCS(=O)(=O)O)c1ccccc1)C1CCC2C3C(O)C[C@@H]4C[C@H](O)CC[C@]4(C)C3CC[C@]12C. The predicted octanol–water partition coefficient (Wildman–Crippen LogP) is 5.31. The summed E-state index contributed by atoms with van der Waals surface area (Å²) in [5.41, 5.74) is 0.999. The van der Waals surface area contributed by atoms with Gasteiger partial charge >= 0.3 is 0 Å². The van der Waals surface area contributed by atoms with Crippen molar-refractivity contribution in [3.8, 4) is 0 Å². The highest BCUT2D eigenvalue weighted by Crippen LogP contribution is 2.68. The fourth-order valence-electron chi connectivity index (χ4n) is 10.1. The number of carbonyl (C=O) groups is 1. The molecule has 0 spiro atoms. The van der Waals surface area contributed by atoms with Crippen molar-refractivity contribution in [1.82, 2.24) is 0 Å². The smallest absolute Gasteiger partial charge is 0.266 e. The van der Waals surface area contributed by atoms with Gasteiger partial charge in [-0.3, -0.25) is 9.35 Å². The number of aliphatic hydroxyl groups is 2. The van der Waals surface area contributed by atoms with E-state index in [4.69, 9.17) is 0 Å². The zero-order valence-electron chi connectivity index (χ0n) is 24.4. The molecule has 4 aliphatic rings.